The van der Waals surface area contributed by atoms with E-state index in [1.165, 1.54) is 12.7 Å². The van der Waals surface area contributed by atoms with Crippen LogP contribution >= 0.6 is 11.6 Å². The van der Waals surface area contributed by atoms with Crippen molar-refractivity contribution in [3.05, 3.63) is 70.5 Å². The molecule has 0 aliphatic rings. The summed E-state index contributed by atoms with van der Waals surface area (Å²) in [4.78, 5) is 20.5. The Morgan fingerprint density at radius 2 is 1.63 bits per heavy atom. The number of hydrogen-bond donors (Lipinski definition) is 2. The average molecular weight is 383 g/mol. The number of rotatable bonds is 5. The highest BCUT2D eigenvalue weighted by Gasteiger charge is 2.11. The van der Waals surface area contributed by atoms with Crippen LogP contribution in [0.15, 0.2) is 48.5 Å². The molecule has 0 saturated heterocycles. The number of carbonyl (C=O) groups excluding carboxylic acids is 1. The van der Waals surface area contributed by atoms with E-state index < -0.39 is 5.97 Å². The van der Waals surface area contributed by atoms with Gasteiger partial charge in [0.25, 0.3) is 0 Å². The molecule has 3 aromatic rings. The lowest BCUT2D eigenvalue weighted by Crippen LogP contribution is -2.04. The standard InChI is InChI=1S/C20H19ClN4O2/c1-12-4-7-15(8-5-12)24-18-11-19(23-13(2)22-18)25-17-10-14(20(26)27-3)6-9-16(17)21/h4-11H,1-3H3,(H2,22,23,24,25). The Labute approximate surface area is 162 Å². The number of aryl methyl sites for hydroxylation is 2. The third-order valence-corrected chi connectivity index (χ3v) is 4.14. The van der Waals surface area contributed by atoms with Gasteiger partial charge in [-0.05, 0) is 44.2 Å². The zero-order valence-corrected chi connectivity index (χ0v) is 16.0. The van der Waals surface area contributed by atoms with Crippen molar-refractivity contribution in [3.8, 4) is 0 Å². The van der Waals surface area contributed by atoms with E-state index in [-0.39, 0.29) is 0 Å². The van der Waals surface area contributed by atoms with Gasteiger partial charge in [0.15, 0.2) is 0 Å². The van der Waals surface area contributed by atoms with Gasteiger partial charge in [-0.2, -0.15) is 0 Å². The van der Waals surface area contributed by atoms with E-state index in [4.69, 9.17) is 16.3 Å². The third kappa shape index (κ3) is 4.74. The fourth-order valence-electron chi connectivity index (χ4n) is 2.48. The molecule has 0 spiro atoms. The summed E-state index contributed by atoms with van der Waals surface area (Å²) < 4.78 is 4.75. The van der Waals surface area contributed by atoms with Crippen molar-refractivity contribution in [1.82, 2.24) is 9.97 Å². The van der Waals surface area contributed by atoms with Crippen LogP contribution in [0.5, 0.6) is 0 Å². The summed E-state index contributed by atoms with van der Waals surface area (Å²) in [6.45, 7) is 3.84. The first-order valence-corrected chi connectivity index (χ1v) is 8.66. The highest BCUT2D eigenvalue weighted by atomic mass is 35.5. The van der Waals surface area contributed by atoms with Gasteiger partial charge in [-0.3, -0.25) is 0 Å². The van der Waals surface area contributed by atoms with Crippen molar-refractivity contribution >= 4 is 40.6 Å². The summed E-state index contributed by atoms with van der Waals surface area (Å²) in [5.41, 5.74) is 3.06. The van der Waals surface area contributed by atoms with Crippen molar-refractivity contribution in [2.24, 2.45) is 0 Å². The van der Waals surface area contributed by atoms with Crippen molar-refractivity contribution in [2.45, 2.75) is 13.8 Å². The quantitative estimate of drug-likeness (QED) is 0.603. The maximum Gasteiger partial charge on any atom is 0.337 e. The monoisotopic (exact) mass is 382 g/mol. The van der Waals surface area contributed by atoms with E-state index >= 15 is 0 Å². The molecule has 3 rings (SSSR count). The van der Waals surface area contributed by atoms with Crippen LogP contribution in [-0.4, -0.2) is 23.0 Å². The number of methoxy groups -OCH3 is 1. The fourth-order valence-corrected chi connectivity index (χ4v) is 2.65. The summed E-state index contributed by atoms with van der Waals surface area (Å²) in [6, 6.07) is 14.6. The molecule has 1 aromatic heterocycles. The number of esters is 1. The van der Waals surface area contributed by atoms with Gasteiger partial charge in [0, 0.05) is 11.8 Å². The SMILES string of the molecule is COC(=O)c1ccc(Cl)c(Nc2cc(Nc3ccc(C)cc3)nc(C)n2)c1. The maximum absolute atomic E-state index is 11.7. The van der Waals surface area contributed by atoms with Gasteiger partial charge in [-0.25, -0.2) is 14.8 Å². The molecule has 7 heteroatoms. The predicted octanol–water partition coefficient (Wildman–Crippen LogP) is 5.02. The molecular weight excluding hydrogens is 364 g/mol. The molecule has 0 bridgehead atoms. The highest BCUT2D eigenvalue weighted by Crippen LogP contribution is 2.27. The molecule has 0 atom stereocenters. The first-order valence-electron chi connectivity index (χ1n) is 8.29. The Morgan fingerprint density at radius 1 is 0.963 bits per heavy atom. The number of nitrogens with one attached hydrogen (secondary N) is 2. The van der Waals surface area contributed by atoms with E-state index in [9.17, 15) is 4.79 Å². The van der Waals surface area contributed by atoms with Crippen LogP contribution in [-0.2, 0) is 4.74 Å². The summed E-state index contributed by atoms with van der Waals surface area (Å²) in [5.74, 6) is 1.36. The van der Waals surface area contributed by atoms with Crippen molar-refractivity contribution in [2.75, 3.05) is 17.7 Å². The summed E-state index contributed by atoms with van der Waals surface area (Å²) in [5, 5.41) is 6.85. The van der Waals surface area contributed by atoms with E-state index in [2.05, 4.69) is 20.6 Å². The fraction of sp³-hybridized carbons (Fsp3) is 0.150. The van der Waals surface area contributed by atoms with E-state index in [1.54, 1.807) is 31.2 Å². The molecule has 27 heavy (non-hydrogen) atoms. The minimum absolute atomic E-state index is 0.396. The summed E-state index contributed by atoms with van der Waals surface area (Å²) >= 11 is 6.24. The number of anilines is 4. The Balaban J connectivity index is 1.86. The molecule has 138 valence electrons. The third-order valence-electron chi connectivity index (χ3n) is 3.81. The number of carbonyl (C=O) groups is 1. The number of benzene rings is 2. The van der Waals surface area contributed by atoms with Gasteiger partial charge < -0.3 is 15.4 Å². The van der Waals surface area contributed by atoms with Gasteiger partial charge in [-0.1, -0.05) is 29.3 Å². The van der Waals surface area contributed by atoms with Crippen LogP contribution in [0, 0.1) is 13.8 Å². The number of halogens is 1. The molecule has 0 unspecified atom stereocenters. The van der Waals surface area contributed by atoms with Crippen LogP contribution in [0.25, 0.3) is 0 Å². The topological polar surface area (TPSA) is 76.1 Å². The molecule has 1 heterocycles. The first-order chi connectivity index (χ1) is 12.9. The number of ether oxygens (including phenoxy) is 1. The second-order valence-electron chi connectivity index (χ2n) is 5.99. The number of aromatic nitrogens is 2. The predicted molar refractivity (Wildman–Crippen MR) is 107 cm³/mol. The Kier molecular flexibility index (Phi) is 5.57. The minimum atomic E-state index is -0.435. The van der Waals surface area contributed by atoms with Gasteiger partial charge in [-0.15, -0.1) is 0 Å². The summed E-state index contributed by atoms with van der Waals surface area (Å²) in [7, 11) is 1.33. The van der Waals surface area contributed by atoms with E-state index in [0.717, 1.165) is 5.69 Å². The van der Waals surface area contributed by atoms with Crippen molar-refractivity contribution in [1.29, 1.82) is 0 Å². The van der Waals surface area contributed by atoms with Crippen molar-refractivity contribution in [3.63, 3.8) is 0 Å². The van der Waals surface area contributed by atoms with E-state index in [0.29, 0.717) is 33.7 Å². The van der Waals surface area contributed by atoms with Gasteiger partial charge in [0.1, 0.15) is 17.5 Å². The van der Waals surface area contributed by atoms with E-state index in [1.807, 2.05) is 31.2 Å². The smallest absolute Gasteiger partial charge is 0.337 e. The molecule has 0 fully saturated rings. The molecule has 0 amide bonds. The normalized spacial score (nSPS) is 10.4. The largest absolute Gasteiger partial charge is 0.465 e. The second-order valence-corrected chi connectivity index (χ2v) is 6.40. The lowest BCUT2D eigenvalue weighted by Gasteiger charge is -2.12. The van der Waals surface area contributed by atoms with Crippen LogP contribution in [0.2, 0.25) is 5.02 Å². The van der Waals surface area contributed by atoms with Crippen LogP contribution in [0.4, 0.5) is 23.0 Å². The van der Waals surface area contributed by atoms with Crippen LogP contribution in [0.1, 0.15) is 21.7 Å². The zero-order chi connectivity index (χ0) is 19.4. The highest BCUT2D eigenvalue weighted by molar-refractivity contribution is 6.33. The van der Waals surface area contributed by atoms with Gasteiger partial charge in [0.05, 0.1) is 23.4 Å². The molecule has 0 aliphatic carbocycles. The van der Waals surface area contributed by atoms with Crippen LogP contribution in [0.3, 0.4) is 0 Å². The zero-order valence-electron chi connectivity index (χ0n) is 15.2. The molecule has 0 radical (unpaired) electrons. The average Bonchev–Trinajstić information content (AvgIpc) is 2.64. The molecular formula is C20H19ClN4O2. The molecule has 6 nitrogen and oxygen atoms in total. The van der Waals surface area contributed by atoms with Crippen molar-refractivity contribution < 1.29 is 9.53 Å². The van der Waals surface area contributed by atoms with Crippen LogP contribution < -0.4 is 10.6 Å². The molecule has 0 aliphatic heterocycles. The Hall–Kier alpha value is -3.12. The molecule has 0 saturated carbocycles. The minimum Gasteiger partial charge on any atom is -0.465 e. The maximum atomic E-state index is 11.7. The summed E-state index contributed by atoms with van der Waals surface area (Å²) in [6.07, 6.45) is 0. The first kappa shape index (κ1) is 18.7. The Morgan fingerprint density at radius 3 is 2.30 bits per heavy atom. The molecule has 2 N–H and O–H groups in total. The molecule has 2 aromatic carbocycles. The number of nitrogens with zero attached hydrogens (tertiary/aromatic N) is 2. The Bertz CT molecular complexity index is 974. The van der Waals surface area contributed by atoms with Gasteiger partial charge in [0.2, 0.25) is 0 Å². The lowest BCUT2D eigenvalue weighted by atomic mass is 10.2. The lowest BCUT2D eigenvalue weighted by molar-refractivity contribution is 0.0601. The second kappa shape index (κ2) is 8.05. The van der Waals surface area contributed by atoms with Gasteiger partial charge >= 0.3 is 5.97 Å². The number of hydrogen-bond acceptors (Lipinski definition) is 6.